The Morgan fingerprint density at radius 1 is 0.897 bits per heavy atom. The Balaban J connectivity index is 1.27. The van der Waals surface area contributed by atoms with Gasteiger partial charge < -0.3 is 19.1 Å². The molecule has 1 fully saturated rings. The number of methoxy groups -OCH3 is 1. The maximum Gasteiger partial charge on any atom is 0.227 e. The molecule has 1 aliphatic heterocycles. The summed E-state index contributed by atoms with van der Waals surface area (Å²) in [6, 6.07) is 17.5. The van der Waals surface area contributed by atoms with Crippen LogP contribution in [0.3, 0.4) is 0 Å². The van der Waals surface area contributed by atoms with E-state index in [1.807, 2.05) is 59.5 Å². The molecule has 6 heteroatoms. The molecule has 0 aliphatic carbocycles. The number of benzene rings is 2. The molecule has 1 aliphatic rings. The van der Waals surface area contributed by atoms with E-state index in [9.17, 15) is 4.79 Å². The predicted molar refractivity (Wildman–Crippen MR) is 112 cm³/mol. The molecule has 156 valence electrons. The van der Waals surface area contributed by atoms with E-state index in [1.54, 1.807) is 7.11 Å². The second-order valence-electron chi connectivity index (χ2n) is 7.02. The summed E-state index contributed by atoms with van der Waals surface area (Å²) in [7, 11) is 1.64. The minimum atomic E-state index is 0.173. The van der Waals surface area contributed by atoms with Crippen molar-refractivity contribution < 1.29 is 19.0 Å². The van der Waals surface area contributed by atoms with Crippen LogP contribution in [0.1, 0.15) is 5.56 Å². The van der Waals surface area contributed by atoms with Crippen molar-refractivity contribution in [1.29, 1.82) is 0 Å². The molecule has 0 unspecified atom stereocenters. The van der Waals surface area contributed by atoms with E-state index in [0.717, 1.165) is 49.8 Å². The Bertz CT molecular complexity index is 746. The van der Waals surface area contributed by atoms with E-state index in [4.69, 9.17) is 14.2 Å². The lowest BCUT2D eigenvalue weighted by molar-refractivity contribution is -0.132. The molecule has 0 atom stereocenters. The average Bonchev–Trinajstić information content (AvgIpc) is 2.77. The molecule has 0 aromatic heterocycles. The standard InChI is InChI=1S/C23H30N2O4/c1-27-22-9-5-6-20(18-22)19-23(26)25-12-10-24(11-13-25)14-15-28-16-17-29-21-7-3-2-4-8-21/h2-9,18H,10-17,19H2,1H3. The van der Waals surface area contributed by atoms with Gasteiger partial charge in [-0.2, -0.15) is 0 Å². The van der Waals surface area contributed by atoms with E-state index in [0.29, 0.717) is 26.2 Å². The Kier molecular flexibility index (Phi) is 8.34. The van der Waals surface area contributed by atoms with Crippen LogP contribution < -0.4 is 9.47 Å². The van der Waals surface area contributed by atoms with Gasteiger partial charge in [-0.3, -0.25) is 9.69 Å². The van der Waals surface area contributed by atoms with Crippen LogP contribution in [0.5, 0.6) is 11.5 Å². The van der Waals surface area contributed by atoms with Crippen molar-refractivity contribution in [2.75, 3.05) is 59.7 Å². The molecule has 0 saturated carbocycles. The molecule has 1 heterocycles. The van der Waals surface area contributed by atoms with Crippen LogP contribution in [-0.2, 0) is 16.0 Å². The van der Waals surface area contributed by atoms with Crippen LogP contribution in [0.15, 0.2) is 54.6 Å². The zero-order chi connectivity index (χ0) is 20.3. The van der Waals surface area contributed by atoms with Crippen LogP contribution in [0.2, 0.25) is 0 Å². The van der Waals surface area contributed by atoms with Gasteiger partial charge in [0.15, 0.2) is 0 Å². The van der Waals surface area contributed by atoms with Gasteiger partial charge in [-0.05, 0) is 29.8 Å². The van der Waals surface area contributed by atoms with E-state index < -0.39 is 0 Å². The molecule has 6 nitrogen and oxygen atoms in total. The Labute approximate surface area is 173 Å². The molecule has 2 aromatic rings. The highest BCUT2D eigenvalue weighted by Gasteiger charge is 2.21. The summed E-state index contributed by atoms with van der Waals surface area (Å²) in [5.41, 5.74) is 0.989. The molecule has 3 rings (SSSR count). The first-order valence-corrected chi connectivity index (χ1v) is 10.1. The minimum Gasteiger partial charge on any atom is -0.497 e. The predicted octanol–water partition coefficient (Wildman–Crippen LogP) is 2.48. The quantitative estimate of drug-likeness (QED) is 0.576. The molecule has 0 spiro atoms. The molecular formula is C23H30N2O4. The number of hydrogen-bond acceptors (Lipinski definition) is 5. The third-order valence-electron chi connectivity index (χ3n) is 5.01. The van der Waals surface area contributed by atoms with Crippen molar-refractivity contribution in [3.8, 4) is 11.5 Å². The maximum absolute atomic E-state index is 12.6. The zero-order valence-corrected chi connectivity index (χ0v) is 17.1. The minimum absolute atomic E-state index is 0.173. The summed E-state index contributed by atoms with van der Waals surface area (Å²) in [4.78, 5) is 16.8. The second-order valence-corrected chi connectivity index (χ2v) is 7.02. The Morgan fingerprint density at radius 3 is 2.41 bits per heavy atom. The highest BCUT2D eigenvalue weighted by atomic mass is 16.5. The highest BCUT2D eigenvalue weighted by Crippen LogP contribution is 2.14. The fraction of sp³-hybridized carbons (Fsp3) is 0.435. The van der Waals surface area contributed by atoms with Gasteiger partial charge in [0.1, 0.15) is 18.1 Å². The molecule has 1 amide bonds. The fourth-order valence-electron chi connectivity index (χ4n) is 3.32. The van der Waals surface area contributed by atoms with E-state index in [2.05, 4.69) is 4.90 Å². The monoisotopic (exact) mass is 398 g/mol. The number of nitrogens with zero attached hydrogens (tertiary/aromatic N) is 2. The topological polar surface area (TPSA) is 51.2 Å². The van der Waals surface area contributed by atoms with Gasteiger partial charge in [0.05, 0.1) is 26.7 Å². The molecule has 0 N–H and O–H groups in total. The first-order valence-electron chi connectivity index (χ1n) is 10.1. The summed E-state index contributed by atoms with van der Waals surface area (Å²) in [5, 5.41) is 0. The summed E-state index contributed by atoms with van der Waals surface area (Å²) in [6.45, 7) is 5.98. The van der Waals surface area contributed by atoms with Crippen LogP contribution in [0.4, 0.5) is 0 Å². The number of hydrogen-bond donors (Lipinski definition) is 0. The lowest BCUT2D eigenvalue weighted by Crippen LogP contribution is -2.49. The third-order valence-corrected chi connectivity index (χ3v) is 5.01. The van der Waals surface area contributed by atoms with Gasteiger partial charge in [-0.1, -0.05) is 30.3 Å². The normalized spacial score (nSPS) is 14.6. The lowest BCUT2D eigenvalue weighted by atomic mass is 10.1. The van der Waals surface area contributed by atoms with Crippen molar-refractivity contribution >= 4 is 5.91 Å². The molecule has 2 aromatic carbocycles. The van der Waals surface area contributed by atoms with Gasteiger partial charge >= 0.3 is 0 Å². The maximum atomic E-state index is 12.6. The van der Waals surface area contributed by atoms with Gasteiger partial charge in [-0.25, -0.2) is 0 Å². The van der Waals surface area contributed by atoms with E-state index in [1.165, 1.54) is 0 Å². The first-order chi connectivity index (χ1) is 14.2. The lowest BCUT2D eigenvalue weighted by Gasteiger charge is -2.34. The third kappa shape index (κ3) is 7.07. The summed E-state index contributed by atoms with van der Waals surface area (Å²) in [5.74, 6) is 1.83. The molecule has 0 radical (unpaired) electrons. The van der Waals surface area contributed by atoms with E-state index in [-0.39, 0.29) is 5.91 Å². The fourth-order valence-corrected chi connectivity index (χ4v) is 3.32. The summed E-state index contributed by atoms with van der Waals surface area (Å²) in [6.07, 6.45) is 0.418. The SMILES string of the molecule is COc1cccc(CC(=O)N2CCN(CCOCCOc3ccccc3)CC2)c1. The van der Waals surface area contributed by atoms with E-state index >= 15 is 0 Å². The molecular weight excluding hydrogens is 368 g/mol. The number of piperazine rings is 1. The number of carbonyl (C=O) groups excluding carboxylic acids is 1. The smallest absolute Gasteiger partial charge is 0.227 e. The van der Waals surface area contributed by atoms with Crippen LogP contribution in [0, 0.1) is 0 Å². The van der Waals surface area contributed by atoms with Crippen molar-refractivity contribution in [3.05, 3.63) is 60.2 Å². The molecule has 29 heavy (non-hydrogen) atoms. The summed E-state index contributed by atoms with van der Waals surface area (Å²) < 4.78 is 16.5. The van der Waals surface area contributed by atoms with Gasteiger partial charge in [0, 0.05) is 32.7 Å². The average molecular weight is 399 g/mol. The van der Waals surface area contributed by atoms with Crippen molar-refractivity contribution in [1.82, 2.24) is 9.80 Å². The number of rotatable bonds is 10. The van der Waals surface area contributed by atoms with Crippen LogP contribution >= 0.6 is 0 Å². The number of amides is 1. The highest BCUT2D eigenvalue weighted by molar-refractivity contribution is 5.79. The largest absolute Gasteiger partial charge is 0.497 e. The van der Waals surface area contributed by atoms with Crippen LogP contribution in [0.25, 0.3) is 0 Å². The van der Waals surface area contributed by atoms with Gasteiger partial charge in [0.2, 0.25) is 5.91 Å². The van der Waals surface area contributed by atoms with Gasteiger partial charge in [0.25, 0.3) is 0 Å². The van der Waals surface area contributed by atoms with Crippen molar-refractivity contribution in [2.24, 2.45) is 0 Å². The number of ether oxygens (including phenoxy) is 3. The number of carbonyl (C=O) groups is 1. The van der Waals surface area contributed by atoms with Crippen LogP contribution in [-0.4, -0.2) is 75.4 Å². The first kappa shape index (κ1) is 21.1. The Morgan fingerprint density at radius 2 is 1.66 bits per heavy atom. The van der Waals surface area contributed by atoms with Crippen molar-refractivity contribution in [3.63, 3.8) is 0 Å². The van der Waals surface area contributed by atoms with Crippen molar-refractivity contribution in [2.45, 2.75) is 6.42 Å². The zero-order valence-electron chi connectivity index (χ0n) is 17.1. The second kappa shape index (κ2) is 11.4. The van der Waals surface area contributed by atoms with Gasteiger partial charge in [-0.15, -0.1) is 0 Å². The Hall–Kier alpha value is -2.57. The number of para-hydroxylation sites is 1. The molecule has 0 bridgehead atoms. The summed E-state index contributed by atoms with van der Waals surface area (Å²) >= 11 is 0. The molecule has 1 saturated heterocycles.